The minimum Gasteiger partial charge on any atom is -0.319 e. The number of fused-ring (bicyclic) bond motifs is 1. The summed E-state index contributed by atoms with van der Waals surface area (Å²) in [6, 6.07) is 30.5. The first-order chi connectivity index (χ1) is 15.1. The molecule has 3 heteroatoms. The van der Waals surface area contributed by atoms with E-state index in [4.69, 9.17) is 0 Å². The molecule has 0 aliphatic carbocycles. The molecule has 0 N–H and O–H groups in total. The Morgan fingerprint density at radius 3 is 2.03 bits per heavy atom. The summed E-state index contributed by atoms with van der Waals surface area (Å²) >= 11 is 0. The van der Waals surface area contributed by atoms with Crippen LogP contribution < -0.4 is 14.4 Å². The van der Waals surface area contributed by atoms with Gasteiger partial charge in [-0.2, -0.15) is 0 Å². The van der Waals surface area contributed by atoms with Crippen molar-refractivity contribution in [3.63, 3.8) is 0 Å². The highest BCUT2D eigenvalue weighted by Crippen LogP contribution is 2.48. The van der Waals surface area contributed by atoms with E-state index in [9.17, 15) is 0 Å². The molecule has 0 spiro atoms. The number of hydrogen-bond donors (Lipinski definition) is 0. The third-order valence-corrected chi connectivity index (χ3v) is 6.36. The van der Waals surface area contributed by atoms with Gasteiger partial charge in [-0.1, -0.05) is 35.9 Å². The lowest BCUT2D eigenvalue weighted by Gasteiger charge is -2.31. The largest absolute Gasteiger partial charge is 0.319 e. The molecule has 1 aliphatic rings. The minimum absolute atomic E-state index is 0.165. The topological polar surface area (TPSA) is 10.4 Å². The van der Waals surface area contributed by atoms with Crippen LogP contribution in [0.3, 0.4) is 0 Å². The van der Waals surface area contributed by atoms with Crippen LogP contribution in [0, 0.1) is 13.8 Å². The van der Waals surface area contributed by atoms with Crippen molar-refractivity contribution in [3.8, 4) is 11.3 Å². The van der Waals surface area contributed by atoms with Gasteiger partial charge in [0.2, 0.25) is 5.69 Å². The molecule has 0 bridgehead atoms. The number of benzene rings is 3. The van der Waals surface area contributed by atoms with Crippen LogP contribution in [-0.2, 0) is 7.05 Å². The highest BCUT2D eigenvalue weighted by atomic mass is 15.4. The average Bonchev–Trinajstić information content (AvgIpc) is 3.07. The van der Waals surface area contributed by atoms with Gasteiger partial charge >= 0.3 is 0 Å². The van der Waals surface area contributed by atoms with E-state index in [2.05, 4.69) is 133 Å². The number of aryl methyl sites for hydroxylation is 2. The second-order valence-corrected chi connectivity index (χ2v) is 8.34. The summed E-state index contributed by atoms with van der Waals surface area (Å²) in [5.41, 5.74) is 10.0. The molecule has 0 fully saturated rings. The molecule has 2 heterocycles. The Morgan fingerprint density at radius 1 is 0.677 bits per heavy atom. The Balaban J connectivity index is 1.65. The molecule has 0 unspecified atom stereocenters. The molecule has 0 saturated carbocycles. The number of rotatable bonds is 3. The predicted octanol–water partition coefficient (Wildman–Crippen LogP) is 6.43. The standard InChI is InChI=1S/C28H28N3/c1-20-15-17-23(18-16-20)30-22(3)31(28-13-6-5-12-27(28)30)25-14-9-10-24(21(25)2)26-11-7-8-19-29(26)4/h5-19,22H,1-4H3/q+1/t22-/m0/s1. The predicted molar refractivity (Wildman–Crippen MR) is 129 cm³/mol. The third-order valence-electron chi connectivity index (χ3n) is 6.36. The van der Waals surface area contributed by atoms with Crippen LogP contribution in [0.25, 0.3) is 11.3 Å². The van der Waals surface area contributed by atoms with Crippen LogP contribution in [-0.4, -0.2) is 6.17 Å². The van der Waals surface area contributed by atoms with Crippen molar-refractivity contribution in [1.82, 2.24) is 0 Å². The molecule has 1 atom stereocenters. The van der Waals surface area contributed by atoms with Crippen molar-refractivity contribution in [2.24, 2.45) is 7.05 Å². The lowest BCUT2D eigenvalue weighted by Crippen LogP contribution is -2.36. The van der Waals surface area contributed by atoms with Gasteiger partial charge in [0.1, 0.15) is 13.2 Å². The molecule has 0 amide bonds. The van der Waals surface area contributed by atoms with Crippen molar-refractivity contribution in [3.05, 3.63) is 102 Å². The van der Waals surface area contributed by atoms with Crippen molar-refractivity contribution < 1.29 is 4.57 Å². The van der Waals surface area contributed by atoms with Crippen LogP contribution in [0.5, 0.6) is 0 Å². The summed E-state index contributed by atoms with van der Waals surface area (Å²) in [7, 11) is 2.11. The first-order valence-corrected chi connectivity index (χ1v) is 10.8. The summed E-state index contributed by atoms with van der Waals surface area (Å²) in [6.07, 6.45) is 2.27. The van der Waals surface area contributed by atoms with Gasteiger partial charge in [-0.3, -0.25) is 0 Å². The summed E-state index contributed by atoms with van der Waals surface area (Å²) in [5, 5.41) is 0. The molecular formula is C28H28N3+. The Hall–Kier alpha value is -3.59. The Kier molecular flexibility index (Phi) is 4.74. The first kappa shape index (κ1) is 19.4. The molecule has 1 aromatic heterocycles. The van der Waals surface area contributed by atoms with Crippen LogP contribution in [0.4, 0.5) is 22.7 Å². The van der Waals surface area contributed by atoms with Gasteiger partial charge in [0.25, 0.3) is 0 Å². The smallest absolute Gasteiger partial charge is 0.212 e. The molecule has 0 radical (unpaired) electrons. The molecule has 31 heavy (non-hydrogen) atoms. The second-order valence-electron chi connectivity index (χ2n) is 8.34. The van der Waals surface area contributed by atoms with Crippen molar-refractivity contribution in [2.45, 2.75) is 26.9 Å². The fraction of sp³-hybridized carbons (Fsp3) is 0.179. The van der Waals surface area contributed by atoms with Crippen LogP contribution in [0.1, 0.15) is 18.1 Å². The number of pyridine rings is 1. The number of para-hydroxylation sites is 2. The maximum atomic E-state index is 2.47. The van der Waals surface area contributed by atoms with Gasteiger partial charge in [-0.05, 0) is 68.8 Å². The Labute approximate surface area is 184 Å². The maximum Gasteiger partial charge on any atom is 0.212 e. The van der Waals surface area contributed by atoms with Gasteiger partial charge in [0, 0.05) is 23.5 Å². The highest BCUT2D eigenvalue weighted by molar-refractivity contribution is 5.90. The van der Waals surface area contributed by atoms with E-state index in [0.717, 1.165) is 0 Å². The number of hydrogen-bond acceptors (Lipinski definition) is 2. The summed E-state index contributed by atoms with van der Waals surface area (Å²) in [6.45, 7) is 6.66. The Bertz CT molecular complexity index is 1240. The molecule has 0 saturated heterocycles. The zero-order chi connectivity index (χ0) is 21.5. The SMILES string of the molecule is Cc1ccc(N2c3ccccc3N(c3cccc(-c4cccc[n+]4C)c3C)[C@H]2C)cc1. The molecule has 5 rings (SSSR count). The second kappa shape index (κ2) is 7.59. The quantitative estimate of drug-likeness (QED) is 0.363. The molecule has 1 aliphatic heterocycles. The monoisotopic (exact) mass is 406 g/mol. The number of nitrogens with zero attached hydrogens (tertiary/aromatic N) is 3. The van der Waals surface area contributed by atoms with E-state index < -0.39 is 0 Å². The van der Waals surface area contributed by atoms with E-state index in [1.165, 1.54) is 45.1 Å². The lowest BCUT2D eigenvalue weighted by atomic mass is 10.0. The van der Waals surface area contributed by atoms with E-state index in [1.807, 2.05) is 0 Å². The Morgan fingerprint density at radius 2 is 1.32 bits per heavy atom. The number of anilines is 4. The first-order valence-electron chi connectivity index (χ1n) is 10.8. The van der Waals surface area contributed by atoms with Gasteiger partial charge in [0.15, 0.2) is 6.20 Å². The maximum absolute atomic E-state index is 2.47. The van der Waals surface area contributed by atoms with Gasteiger partial charge in [-0.25, -0.2) is 4.57 Å². The summed E-state index contributed by atoms with van der Waals surface area (Å²) in [5.74, 6) is 0. The molecule has 154 valence electrons. The van der Waals surface area contributed by atoms with Gasteiger partial charge < -0.3 is 9.80 Å². The van der Waals surface area contributed by atoms with E-state index in [-0.39, 0.29) is 6.17 Å². The van der Waals surface area contributed by atoms with Crippen molar-refractivity contribution >= 4 is 22.7 Å². The zero-order valence-electron chi connectivity index (χ0n) is 18.6. The average molecular weight is 407 g/mol. The number of aromatic nitrogens is 1. The highest BCUT2D eigenvalue weighted by Gasteiger charge is 2.35. The fourth-order valence-electron chi connectivity index (χ4n) is 4.75. The molecule has 3 aromatic carbocycles. The van der Waals surface area contributed by atoms with E-state index >= 15 is 0 Å². The molecular weight excluding hydrogens is 378 g/mol. The normalized spacial score (nSPS) is 15.3. The zero-order valence-corrected chi connectivity index (χ0v) is 18.6. The van der Waals surface area contributed by atoms with Gasteiger partial charge in [-0.15, -0.1) is 0 Å². The summed E-state index contributed by atoms with van der Waals surface area (Å²) in [4.78, 5) is 4.90. The van der Waals surface area contributed by atoms with Crippen LogP contribution >= 0.6 is 0 Å². The van der Waals surface area contributed by atoms with Crippen molar-refractivity contribution in [2.75, 3.05) is 9.80 Å². The minimum atomic E-state index is 0.165. The van der Waals surface area contributed by atoms with Crippen LogP contribution in [0.15, 0.2) is 91.1 Å². The summed E-state index contributed by atoms with van der Waals surface area (Å²) < 4.78 is 2.19. The molecule has 4 aromatic rings. The van der Waals surface area contributed by atoms with Gasteiger partial charge in [0.05, 0.1) is 16.9 Å². The third kappa shape index (κ3) is 3.17. The molecule has 3 nitrogen and oxygen atoms in total. The lowest BCUT2D eigenvalue weighted by molar-refractivity contribution is -0.660. The van der Waals surface area contributed by atoms with Crippen molar-refractivity contribution in [1.29, 1.82) is 0 Å². The van der Waals surface area contributed by atoms with Crippen LogP contribution in [0.2, 0.25) is 0 Å². The van der Waals surface area contributed by atoms with E-state index in [0.29, 0.717) is 0 Å². The fourth-order valence-corrected chi connectivity index (χ4v) is 4.75. The van der Waals surface area contributed by atoms with E-state index in [1.54, 1.807) is 0 Å².